The van der Waals surface area contributed by atoms with Gasteiger partial charge in [0.1, 0.15) is 10.6 Å². The van der Waals surface area contributed by atoms with E-state index in [-0.39, 0.29) is 5.82 Å². The number of nitrogens with zero attached hydrogens (tertiary/aromatic N) is 3. The van der Waals surface area contributed by atoms with Crippen LogP contribution in [0.1, 0.15) is 17.1 Å². The molecular formula is C19H17F3N4S. The van der Waals surface area contributed by atoms with Gasteiger partial charge in [0.05, 0.1) is 5.39 Å². The van der Waals surface area contributed by atoms with Gasteiger partial charge in [-0.2, -0.15) is 13.2 Å². The van der Waals surface area contributed by atoms with Gasteiger partial charge in [-0.1, -0.05) is 18.2 Å². The first-order valence-corrected chi connectivity index (χ1v) is 9.36. The summed E-state index contributed by atoms with van der Waals surface area (Å²) in [6, 6.07) is 12.0. The van der Waals surface area contributed by atoms with E-state index in [4.69, 9.17) is 0 Å². The largest absolute Gasteiger partial charge is 0.451 e. The predicted octanol–water partition coefficient (Wildman–Crippen LogP) is 5.48. The first-order valence-electron chi connectivity index (χ1n) is 8.55. The lowest BCUT2D eigenvalue weighted by molar-refractivity contribution is -0.144. The molecule has 3 aromatic heterocycles. The topological polar surface area (TPSA) is 42.7 Å². The van der Waals surface area contributed by atoms with Crippen molar-refractivity contribution < 1.29 is 13.2 Å². The van der Waals surface area contributed by atoms with Crippen molar-refractivity contribution in [1.29, 1.82) is 0 Å². The number of aryl methyl sites for hydroxylation is 2. The van der Waals surface area contributed by atoms with E-state index >= 15 is 0 Å². The minimum atomic E-state index is -4.56. The standard InChI is InChI=1S/C19H17F3N4S/c1-12-11-14-16(24-18(19(20,21)22)25-17(14)27-12)23-8-4-9-26-10-7-13-5-2-3-6-15(13)26/h2-3,5-7,10-11H,4,8-9H2,1H3,(H,23,24,25). The van der Waals surface area contributed by atoms with E-state index in [0.717, 1.165) is 23.4 Å². The van der Waals surface area contributed by atoms with Gasteiger partial charge in [0.25, 0.3) is 0 Å². The smallest absolute Gasteiger partial charge is 0.369 e. The molecule has 0 aliphatic rings. The van der Waals surface area contributed by atoms with E-state index in [1.165, 1.54) is 16.7 Å². The first kappa shape index (κ1) is 17.8. The third-order valence-corrected chi connectivity index (χ3v) is 5.26. The Kier molecular flexibility index (Phi) is 4.51. The lowest BCUT2D eigenvalue weighted by Gasteiger charge is -2.11. The summed E-state index contributed by atoms with van der Waals surface area (Å²) in [4.78, 5) is 8.65. The molecule has 1 aromatic carbocycles. The average Bonchev–Trinajstić information content (AvgIpc) is 3.20. The van der Waals surface area contributed by atoms with Crippen molar-refractivity contribution in [2.24, 2.45) is 0 Å². The van der Waals surface area contributed by atoms with Crippen molar-refractivity contribution in [3.63, 3.8) is 0 Å². The number of hydrogen-bond donors (Lipinski definition) is 1. The molecule has 0 fully saturated rings. The van der Waals surface area contributed by atoms with Gasteiger partial charge in [0.15, 0.2) is 0 Å². The molecule has 4 rings (SSSR count). The summed E-state index contributed by atoms with van der Waals surface area (Å²) in [7, 11) is 0. The molecule has 8 heteroatoms. The van der Waals surface area contributed by atoms with E-state index in [1.54, 1.807) is 0 Å². The lowest BCUT2D eigenvalue weighted by Crippen LogP contribution is -2.14. The Morgan fingerprint density at radius 1 is 1.15 bits per heavy atom. The zero-order valence-corrected chi connectivity index (χ0v) is 15.4. The minimum Gasteiger partial charge on any atom is -0.369 e. The number of halogens is 3. The number of anilines is 1. The molecule has 4 aromatic rings. The van der Waals surface area contributed by atoms with Crippen molar-refractivity contribution in [3.05, 3.63) is 53.3 Å². The van der Waals surface area contributed by atoms with E-state index in [1.807, 2.05) is 31.3 Å². The molecule has 3 heterocycles. The Hall–Kier alpha value is -2.61. The van der Waals surface area contributed by atoms with Crippen molar-refractivity contribution in [3.8, 4) is 0 Å². The number of hydrogen-bond acceptors (Lipinski definition) is 4. The third kappa shape index (κ3) is 3.62. The maximum Gasteiger partial charge on any atom is 0.451 e. The molecule has 0 amide bonds. The fourth-order valence-corrected chi connectivity index (χ4v) is 3.97. The number of para-hydroxylation sites is 1. The highest BCUT2D eigenvalue weighted by atomic mass is 32.1. The monoisotopic (exact) mass is 390 g/mol. The number of benzene rings is 1. The summed E-state index contributed by atoms with van der Waals surface area (Å²) >= 11 is 1.24. The van der Waals surface area contributed by atoms with Crippen LogP contribution in [-0.2, 0) is 12.7 Å². The number of nitrogens with one attached hydrogen (secondary N) is 1. The average molecular weight is 390 g/mol. The SMILES string of the molecule is Cc1cc2c(NCCCn3ccc4ccccc43)nc(C(F)(F)F)nc2s1. The van der Waals surface area contributed by atoms with Crippen LogP contribution in [0.3, 0.4) is 0 Å². The van der Waals surface area contributed by atoms with Gasteiger partial charge < -0.3 is 9.88 Å². The van der Waals surface area contributed by atoms with Crippen LogP contribution in [0.5, 0.6) is 0 Å². The van der Waals surface area contributed by atoms with Crippen LogP contribution in [0.15, 0.2) is 42.6 Å². The first-order chi connectivity index (χ1) is 12.9. The van der Waals surface area contributed by atoms with Crippen molar-refractivity contribution >= 4 is 38.3 Å². The van der Waals surface area contributed by atoms with Gasteiger partial charge in [0.2, 0.25) is 5.82 Å². The normalized spacial score (nSPS) is 12.1. The molecule has 140 valence electrons. The fraction of sp³-hybridized carbons (Fsp3) is 0.263. The third-order valence-electron chi connectivity index (χ3n) is 4.32. The molecule has 0 spiro atoms. The van der Waals surface area contributed by atoms with Crippen LogP contribution in [-0.4, -0.2) is 21.1 Å². The molecule has 0 aliphatic carbocycles. The zero-order chi connectivity index (χ0) is 19.0. The van der Waals surface area contributed by atoms with E-state index in [0.29, 0.717) is 16.8 Å². The van der Waals surface area contributed by atoms with Crippen LogP contribution in [0.4, 0.5) is 19.0 Å². The molecular weight excluding hydrogens is 373 g/mol. The lowest BCUT2D eigenvalue weighted by atomic mass is 10.2. The summed E-state index contributed by atoms with van der Waals surface area (Å²) in [5.74, 6) is -0.857. The maximum absolute atomic E-state index is 13.1. The quantitative estimate of drug-likeness (QED) is 0.459. The summed E-state index contributed by atoms with van der Waals surface area (Å²) in [5.41, 5.74) is 1.15. The molecule has 0 saturated carbocycles. The molecule has 0 unspecified atom stereocenters. The second-order valence-corrected chi connectivity index (χ2v) is 7.55. The van der Waals surface area contributed by atoms with Gasteiger partial charge in [-0.25, -0.2) is 9.97 Å². The van der Waals surface area contributed by atoms with Gasteiger partial charge >= 0.3 is 6.18 Å². The maximum atomic E-state index is 13.1. The molecule has 0 atom stereocenters. The molecule has 0 saturated heterocycles. The Labute approximate surface area is 157 Å². The summed E-state index contributed by atoms with van der Waals surface area (Å²) in [6.45, 7) is 3.13. The molecule has 0 aliphatic heterocycles. The predicted molar refractivity (Wildman–Crippen MR) is 102 cm³/mol. The number of alkyl halides is 3. The fourth-order valence-electron chi connectivity index (χ4n) is 3.10. The second kappa shape index (κ2) is 6.84. The minimum absolute atomic E-state index is 0.244. The van der Waals surface area contributed by atoms with Crippen LogP contribution in [0, 0.1) is 6.92 Å². The van der Waals surface area contributed by atoms with Crippen molar-refractivity contribution in [1.82, 2.24) is 14.5 Å². The number of aromatic nitrogens is 3. The molecule has 0 bridgehead atoms. The Morgan fingerprint density at radius 3 is 2.78 bits per heavy atom. The van der Waals surface area contributed by atoms with Crippen LogP contribution >= 0.6 is 11.3 Å². The van der Waals surface area contributed by atoms with Gasteiger partial charge in [0, 0.05) is 29.7 Å². The van der Waals surface area contributed by atoms with Crippen LogP contribution < -0.4 is 5.32 Å². The summed E-state index contributed by atoms with van der Waals surface area (Å²) in [5, 5.41) is 4.87. The molecule has 27 heavy (non-hydrogen) atoms. The molecule has 1 N–H and O–H groups in total. The van der Waals surface area contributed by atoms with Gasteiger partial charge in [-0.15, -0.1) is 11.3 Å². The van der Waals surface area contributed by atoms with Crippen molar-refractivity contribution in [2.75, 3.05) is 11.9 Å². The van der Waals surface area contributed by atoms with Crippen molar-refractivity contribution in [2.45, 2.75) is 26.1 Å². The Bertz CT molecular complexity index is 1100. The van der Waals surface area contributed by atoms with Crippen LogP contribution in [0.2, 0.25) is 0 Å². The van der Waals surface area contributed by atoms with E-state index in [2.05, 4.69) is 38.1 Å². The summed E-state index contributed by atoms with van der Waals surface area (Å²) < 4.78 is 41.4. The number of fused-ring (bicyclic) bond motifs is 2. The highest BCUT2D eigenvalue weighted by molar-refractivity contribution is 7.18. The number of thiophene rings is 1. The number of rotatable bonds is 5. The Balaban J connectivity index is 1.50. The highest BCUT2D eigenvalue weighted by Gasteiger charge is 2.35. The Morgan fingerprint density at radius 2 is 1.96 bits per heavy atom. The molecule has 0 radical (unpaired) electrons. The van der Waals surface area contributed by atoms with Gasteiger partial charge in [-0.3, -0.25) is 0 Å². The molecule has 4 nitrogen and oxygen atoms in total. The second-order valence-electron chi connectivity index (χ2n) is 6.32. The van der Waals surface area contributed by atoms with Crippen LogP contribution in [0.25, 0.3) is 21.1 Å². The highest BCUT2D eigenvalue weighted by Crippen LogP contribution is 2.33. The van der Waals surface area contributed by atoms with Gasteiger partial charge in [-0.05, 0) is 36.9 Å². The van der Waals surface area contributed by atoms with E-state index < -0.39 is 12.0 Å². The van der Waals surface area contributed by atoms with E-state index in [9.17, 15) is 13.2 Å². The zero-order valence-electron chi connectivity index (χ0n) is 14.5. The summed E-state index contributed by atoms with van der Waals surface area (Å²) in [6.07, 6.45) is -1.78.